The molecule has 2 aromatic carbocycles. The van der Waals surface area contributed by atoms with Crippen molar-refractivity contribution >= 4 is 17.6 Å². The number of benzene rings is 2. The number of nitrogens with zero attached hydrogens (tertiary/aromatic N) is 1. The first-order valence-electron chi connectivity index (χ1n) is 6.99. The highest BCUT2D eigenvalue weighted by atomic mass is 16.5. The number of carbonyl (C=O) groups excluding carboxylic acids is 1. The molecule has 0 bridgehead atoms. The summed E-state index contributed by atoms with van der Waals surface area (Å²) in [6.45, 7) is 0.215. The van der Waals surface area contributed by atoms with Gasteiger partial charge in [0.1, 0.15) is 11.5 Å². The zero-order valence-electron chi connectivity index (χ0n) is 11.8. The van der Waals surface area contributed by atoms with Gasteiger partial charge in [0, 0.05) is 18.7 Å². The van der Waals surface area contributed by atoms with Crippen LogP contribution in [0.1, 0.15) is 6.42 Å². The molecular weight excluding hydrogens is 282 g/mol. The second-order valence-electron chi connectivity index (χ2n) is 5.15. The van der Waals surface area contributed by atoms with E-state index in [9.17, 15) is 9.59 Å². The smallest absolute Gasteiger partial charge is 0.308 e. The van der Waals surface area contributed by atoms with Gasteiger partial charge in [-0.1, -0.05) is 18.2 Å². The molecule has 1 fully saturated rings. The molecule has 0 aliphatic carbocycles. The second-order valence-corrected chi connectivity index (χ2v) is 5.15. The summed E-state index contributed by atoms with van der Waals surface area (Å²) in [5.41, 5.74) is 0.689. The van der Waals surface area contributed by atoms with Crippen LogP contribution in [0.2, 0.25) is 0 Å². The van der Waals surface area contributed by atoms with Crippen LogP contribution in [-0.2, 0) is 9.59 Å². The third kappa shape index (κ3) is 2.93. The molecule has 1 aliphatic heterocycles. The number of hydrogen-bond donors (Lipinski definition) is 1. The van der Waals surface area contributed by atoms with Gasteiger partial charge in [-0.25, -0.2) is 0 Å². The number of rotatable bonds is 4. The molecule has 1 saturated heterocycles. The molecule has 1 atom stereocenters. The number of carbonyl (C=O) groups is 2. The van der Waals surface area contributed by atoms with Crippen molar-refractivity contribution in [1.29, 1.82) is 0 Å². The van der Waals surface area contributed by atoms with Gasteiger partial charge >= 0.3 is 5.97 Å². The largest absolute Gasteiger partial charge is 0.481 e. The molecule has 1 amide bonds. The summed E-state index contributed by atoms with van der Waals surface area (Å²) in [6.07, 6.45) is 0.0532. The highest BCUT2D eigenvalue weighted by Gasteiger charge is 2.34. The lowest BCUT2D eigenvalue weighted by Crippen LogP contribution is -2.25. The SMILES string of the molecule is O=C(O)C1CC(=O)N(c2ccc(Oc3ccccc3)cc2)C1. The number of anilines is 1. The van der Waals surface area contributed by atoms with Crippen molar-refractivity contribution in [3.8, 4) is 11.5 Å². The van der Waals surface area contributed by atoms with Gasteiger partial charge in [-0.2, -0.15) is 0 Å². The van der Waals surface area contributed by atoms with Crippen LogP contribution in [0.4, 0.5) is 5.69 Å². The molecule has 2 aromatic rings. The predicted molar refractivity (Wildman–Crippen MR) is 81.1 cm³/mol. The maximum absolute atomic E-state index is 11.9. The van der Waals surface area contributed by atoms with E-state index in [1.807, 2.05) is 30.3 Å². The van der Waals surface area contributed by atoms with Crippen LogP contribution < -0.4 is 9.64 Å². The van der Waals surface area contributed by atoms with Gasteiger partial charge in [0.05, 0.1) is 5.92 Å². The molecule has 1 unspecified atom stereocenters. The van der Waals surface area contributed by atoms with Crippen LogP contribution in [-0.4, -0.2) is 23.5 Å². The Balaban J connectivity index is 1.72. The quantitative estimate of drug-likeness (QED) is 0.942. The van der Waals surface area contributed by atoms with E-state index < -0.39 is 11.9 Å². The molecule has 112 valence electrons. The third-order valence-electron chi connectivity index (χ3n) is 3.60. The first-order chi connectivity index (χ1) is 10.6. The zero-order chi connectivity index (χ0) is 15.5. The van der Waals surface area contributed by atoms with Crippen molar-refractivity contribution in [1.82, 2.24) is 0 Å². The number of para-hydroxylation sites is 1. The Morgan fingerprint density at radius 3 is 2.27 bits per heavy atom. The van der Waals surface area contributed by atoms with Gasteiger partial charge in [-0.05, 0) is 36.4 Å². The Bertz CT molecular complexity index is 682. The normalized spacial score (nSPS) is 17.5. The Morgan fingerprint density at radius 2 is 1.68 bits per heavy atom. The highest BCUT2D eigenvalue weighted by Crippen LogP contribution is 2.28. The van der Waals surface area contributed by atoms with Crippen molar-refractivity contribution < 1.29 is 19.4 Å². The van der Waals surface area contributed by atoms with Gasteiger partial charge in [0.25, 0.3) is 0 Å². The molecule has 0 radical (unpaired) electrons. The summed E-state index contributed by atoms with van der Waals surface area (Å²) >= 11 is 0. The summed E-state index contributed by atoms with van der Waals surface area (Å²) in [7, 11) is 0. The standard InChI is InChI=1S/C17H15NO4/c19-16-10-12(17(20)21)11-18(16)13-6-8-15(9-7-13)22-14-4-2-1-3-5-14/h1-9,12H,10-11H2,(H,20,21). The van der Waals surface area contributed by atoms with E-state index in [2.05, 4.69) is 0 Å². The summed E-state index contributed by atoms with van der Waals surface area (Å²) in [4.78, 5) is 24.4. The van der Waals surface area contributed by atoms with Gasteiger partial charge in [-0.15, -0.1) is 0 Å². The topological polar surface area (TPSA) is 66.8 Å². The molecule has 0 spiro atoms. The lowest BCUT2D eigenvalue weighted by atomic mass is 10.1. The van der Waals surface area contributed by atoms with E-state index in [1.165, 1.54) is 4.90 Å². The highest BCUT2D eigenvalue weighted by molar-refractivity contribution is 5.99. The Hall–Kier alpha value is -2.82. The number of hydrogen-bond acceptors (Lipinski definition) is 3. The number of carboxylic acid groups (broad SMARTS) is 1. The number of amides is 1. The van der Waals surface area contributed by atoms with E-state index in [-0.39, 0.29) is 18.9 Å². The number of aliphatic carboxylic acids is 1. The van der Waals surface area contributed by atoms with Crippen molar-refractivity contribution in [2.75, 3.05) is 11.4 Å². The Morgan fingerprint density at radius 1 is 1.05 bits per heavy atom. The van der Waals surface area contributed by atoms with Gasteiger partial charge < -0.3 is 14.7 Å². The molecular formula is C17H15NO4. The molecule has 1 N–H and O–H groups in total. The van der Waals surface area contributed by atoms with Crippen LogP contribution in [0.5, 0.6) is 11.5 Å². The first-order valence-corrected chi connectivity index (χ1v) is 6.99. The van der Waals surface area contributed by atoms with Gasteiger partial charge in [0.15, 0.2) is 0 Å². The fourth-order valence-electron chi connectivity index (χ4n) is 2.44. The molecule has 5 heteroatoms. The number of carboxylic acids is 1. The maximum atomic E-state index is 11.9. The fraction of sp³-hybridized carbons (Fsp3) is 0.176. The lowest BCUT2D eigenvalue weighted by molar-refractivity contribution is -0.141. The van der Waals surface area contributed by atoms with Crippen LogP contribution in [0.25, 0.3) is 0 Å². The average Bonchev–Trinajstić information content (AvgIpc) is 2.91. The summed E-state index contributed by atoms with van der Waals surface area (Å²) in [5, 5.41) is 9.01. The number of ether oxygens (including phenoxy) is 1. The van der Waals surface area contributed by atoms with E-state index in [1.54, 1.807) is 24.3 Å². The molecule has 1 aliphatic rings. The van der Waals surface area contributed by atoms with Crippen molar-refractivity contribution in [2.45, 2.75) is 6.42 Å². The molecule has 22 heavy (non-hydrogen) atoms. The first kappa shape index (κ1) is 14.1. The maximum Gasteiger partial charge on any atom is 0.308 e. The molecule has 1 heterocycles. The van der Waals surface area contributed by atoms with Crippen LogP contribution >= 0.6 is 0 Å². The van der Waals surface area contributed by atoms with Crippen LogP contribution in [0, 0.1) is 5.92 Å². The van der Waals surface area contributed by atoms with Crippen molar-refractivity contribution in [3.05, 3.63) is 54.6 Å². The minimum Gasteiger partial charge on any atom is -0.481 e. The third-order valence-corrected chi connectivity index (χ3v) is 3.60. The fourth-order valence-corrected chi connectivity index (χ4v) is 2.44. The Kier molecular flexibility index (Phi) is 3.78. The molecule has 0 saturated carbocycles. The van der Waals surface area contributed by atoms with Crippen molar-refractivity contribution in [3.63, 3.8) is 0 Å². The minimum atomic E-state index is -0.931. The minimum absolute atomic E-state index is 0.0532. The summed E-state index contributed by atoms with van der Waals surface area (Å²) < 4.78 is 5.68. The molecule has 5 nitrogen and oxygen atoms in total. The van der Waals surface area contributed by atoms with E-state index in [0.717, 1.165) is 5.75 Å². The summed E-state index contributed by atoms with van der Waals surface area (Å²) in [6, 6.07) is 16.5. The van der Waals surface area contributed by atoms with E-state index >= 15 is 0 Å². The monoisotopic (exact) mass is 297 g/mol. The molecule has 3 rings (SSSR count). The van der Waals surface area contributed by atoms with E-state index in [4.69, 9.17) is 9.84 Å². The van der Waals surface area contributed by atoms with Crippen LogP contribution in [0.3, 0.4) is 0 Å². The zero-order valence-corrected chi connectivity index (χ0v) is 11.8. The van der Waals surface area contributed by atoms with Gasteiger partial charge in [-0.3, -0.25) is 9.59 Å². The molecule has 0 aromatic heterocycles. The summed E-state index contributed by atoms with van der Waals surface area (Å²) in [5.74, 6) is -0.327. The average molecular weight is 297 g/mol. The van der Waals surface area contributed by atoms with Gasteiger partial charge in [0.2, 0.25) is 5.91 Å². The van der Waals surface area contributed by atoms with Crippen LogP contribution in [0.15, 0.2) is 54.6 Å². The van der Waals surface area contributed by atoms with Crippen molar-refractivity contribution in [2.24, 2.45) is 5.92 Å². The Labute approximate surface area is 127 Å². The van der Waals surface area contributed by atoms with E-state index in [0.29, 0.717) is 11.4 Å². The second kappa shape index (κ2) is 5.89. The lowest BCUT2D eigenvalue weighted by Gasteiger charge is -2.16. The predicted octanol–water partition coefficient (Wildman–Crippen LogP) is 2.92.